The summed E-state index contributed by atoms with van der Waals surface area (Å²) < 4.78 is 32.1. The highest BCUT2D eigenvalue weighted by Gasteiger charge is 2.54. The molecule has 1 aliphatic heterocycles. The summed E-state index contributed by atoms with van der Waals surface area (Å²) in [6.45, 7) is -0.456. The Morgan fingerprint density at radius 2 is 0.942 bits per heavy atom. The van der Waals surface area contributed by atoms with E-state index in [1.54, 1.807) is 146 Å². The summed E-state index contributed by atoms with van der Waals surface area (Å²) in [6, 6.07) is 39.9. The van der Waals surface area contributed by atoms with Gasteiger partial charge in [0.2, 0.25) is 0 Å². The molecular weight excluding hydrogens is 666 g/mol. The molecule has 5 atom stereocenters. The number of benzene rings is 5. The Balaban J connectivity index is 1.34. The van der Waals surface area contributed by atoms with Crippen LogP contribution in [0.2, 0.25) is 0 Å². The van der Waals surface area contributed by atoms with Crippen molar-refractivity contribution < 1.29 is 42.9 Å². The lowest BCUT2D eigenvalue weighted by atomic mass is 9.96. The minimum Gasteiger partial charge on any atom is -0.459 e. The summed E-state index contributed by atoms with van der Waals surface area (Å²) in [7, 11) is 0. The van der Waals surface area contributed by atoms with Crippen LogP contribution in [0.15, 0.2) is 146 Å². The topological polar surface area (TPSA) is 145 Å². The maximum Gasteiger partial charge on any atom is 0.338 e. The molecule has 0 unspecified atom stereocenters. The van der Waals surface area contributed by atoms with Gasteiger partial charge < -0.3 is 23.7 Å². The number of carbonyl (C=O) groups excluding carboxylic acids is 4. The molecule has 0 aliphatic carbocycles. The highest BCUT2D eigenvalue weighted by Crippen LogP contribution is 2.37. The molecule has 7 rings (SSSR count). The van der Waals surface area contributed by atoms with Gasteiger partial charge in [-0.25, -0.2) is 23.9 Å². The van der Waals surface area contributed by atoms with E-state index in [2.05, 4.69) is 10.3 Å². The average Bonchev–Trinajstić information content (AvgIpc) is 3.63. The van der Waals surface area contributed by atoms with Crippen LogP contribution in [0.25, 0.3) is 11.0 Å². The second-order valence-electron chi connectivity index (χ2n) is 11.8. The van der Waals surface area contributed by atoms with E-state index < -0.39 is 61.1 Å². The number of hydrogen-bond acceptors (Lipinski definition) is 11. The second-order valence-corrected chi connectivity index (χ2v) is 11.8. The molecule has 5 aromatic carbocycles. The number of rotatable bonds is 10. The molecule has 1 saturated heterocycles. The van der Waals surface area contributed by atoms with Crippen LogP contribution in [0.3, 0.4) is 0 Å². The van der Waals surface area contributed by atoms with Gasteiger partial charge in [-0.15, -0.1) is 5.10 Å². The van der Waals surface area contributed by atoms with Gasteiger partial charge in [0, 0.05) is 0 Å². The molecule has 0 saturated carbocycles. The molecule has 260 valence electrons. The lowest BCUT2D eigenvalue weighted by molar-refractivity contribution is -0.251. The van der Waals surface area contributed by atoms with Gasteiger partial charge in [-0.05, 0) is 60.7 Å². The first-order valence-electron chi connectivity index (χ1n) is 16.4. The monoisotopic (exact) mass is 697 g/mol. The van der Waals surface area contributed by atoms with Crippen molar-refractivity contribution in [2.75, 3.05) is 6.61 Å². The number of aromatic nitrogens is 3. The SMILES string of the molecule is O=C(OC[C@H]1O[C@@H](n2nnc3ccccc32)[C@@H](OC(=O)c2ccccc2)[C@@H](OC(=O)c2ccccc2)[C@@H]1OC(=O)c1ccccc1)c1ccccc1. The van der Waals surface area contributed by atoms with Crippen molar-refractivity contribution in [3.05, 3.63) is 168 Å². The van der Waals surface area contributed by atoms with Crippen molar-refractivity contribution in [2.45, 2.75) is 30.6 Å². The van der Waals surface area contributed by atoms with Crippen LogP contribution >= 0.6 is 0 Å². The van der Waals surface area contributed by atoms with E-state index in [0.29, 0.717) is 11.0 Å². The summed E-state index contributed by atoms with van der Waals surface area (Å²) in [6.07, 6.45) is -7.05. The molecule has 6 aromatic rings. The Morgan fingerprint density at radius 1 is 0.519 bits per heavy atom. The van der Waals surface area contributed by atoms with Gasteiger partial charge in [-0.3, -0.25) is 0 Å². The molecule has 52 heavy (non-hydrogen) atoms. The molecular formula is C40H31N3O9. The molecule has 12 heteroatoms. The average molecular weight is 698 g/mol. The molecule has 1 fully saturated rings. The van der Waals surface area contributed by atoms with Gasteiger partial charge in [-0.2, -0.15) is 0 Å². The predicted molar refractivity (Wildman–Crippen MR) is 185 cm³/mol. The minimum absolute atomic E-state index is 0.185. The van der Waals surface area contributed by atoms with Crippen LogP contribution in [0, 0.1) is 0 Å². The van der Waals surface area contributed by atoms with Crippen molar-refractivity contribution in [3.8, 4) is 0 Å². The standard InChI is InChI=1S/C40H31N3O9/c44-37(26-15-5-1-6-16-26)48-25-32-33(50-38(45)27-17-7-2-8-18-27)34(51-39(46)28-19-9-3-10-20-28)35(52-40(47)29-21-11-4-12-22-29)36(49-32)43-31-24-14-13-23-30(31)41-42-43/h1-24,32-36H,25H2/t32-,33-,34+,35+,36-/m1/s1. The number of fused-ring (bicyclic) bond motifs is 1. The van der Waals surface area contributed by atoms with E-state index in [4.69, 9.17) is 23.7 Å². The fourth-order valence-corrected chi connectivity index (χ4v) is 5.82. The molecule has 0 bridgehead atoms. The van der Waals surface area contributed by atoms with Crippen LogP contribution < -0.4 is 0 Å². The Bertz CT molecular complexity index is 2160. The van der Waals surface area contributed by atoms with Crippen molar-refractivity contribution in [1.29, 1.82) is 0 Å². The second kappa shape index (κ2) is 15.5. The highest BCUT2D eigenvalue weighted by atomic mass is 16.7. The molecule has 1 aromatic heterocycles. The fourth-order valence-electron chi connectivity index (χ4n) is 5.82. The number of ether oxygens (including phenoxy) is 5. The molecule has 1 aliphatic rings. The fraction of sp³-hybridized carbons (Fsp3) is 0.150. The summed E-state index contributed by atoms with van der Waals surface area (Å²) in [5.41, 5.74) is 1.86. The van der Waals surface area contributed by atoms with E-state index in [1.807, 2.05) is 0 Å². The zero-order valence-electron chi connectivity index (χ0n) is 27.5. The molecule has 0 spiro atoms. The van der Waals surface area contributed by atoms with E-state index in [0.717, 1.165) is 0 Å². The molecule has 2 heterocycles. The third kappa shape index (κ3) is 7.42. The first kappa shape index (κ1) is 33.8. The number of carbonyl (C=O) groups is 4. The number of para-hydroxylation sites is 1. The van der Waals surface area contributed by atoms with E-state index in [9.17, 15) is 19.2 Å². The third-order valence-corrected chi connectivity index (χ3v) is 8.37. The van der Waals surface area contributed by atoms with Gasteiger partial charge in [0.25, 0.3) is 0 Å². The van der Waals surface area contributed by atoms with Gasteiger partial charge in [0.05, 0.1) is 27.8 Å². The van der Waals surface area contributed by atoms with Crippen LogP contribution in [-0.4, -0.2) is 69.9 Å². The minimum atomic E-state index is -1.52. The normalized spacial score (nSPS) is 19.7. The third-order valence-electron chi connectivity index (χ3n) is 8.37. The maximum atomic E-state index is 13.8. The Morgan fingerprint density at radius 3 is 1.46 bits per heavy atom. The van der Waals surface area contributed by atoms with Crippen molar-refractivity contribution in [1.82, 2.24) is 15.0 Å². The number of nitrogens with zero attached hydrogens (tertiary/aromatic N) is 3. The molecule has 0 N–H and O–H groups in total. The smallest absolute Gasteiger partial charge is 0.338 e. The molecule has 0 radical (unpaired) electrons. The summed E-state index contributed by atoms with van der Waals surface area (Å²) in [5.74, 6) is -3.02. The first-order chi connectivity index (χ1) is 25.5. The van der Waals surface area contributed by atoms with Gasteiger partial charge in [0.1, 0.15) is 18.2 Å². The lowest BCUT2D eigenvalue weighted by Gasteiger charge is -2.44. The van der Waals surface area contributed by atoms with E-state index >= 15 is 0 Å². The number of hydrogen-bond donors (Lipinski definition) is 0. The van der Waals surface area contributed by atoms with Gasteiger partial charge in [-0.1, -0.05) is 90.1 Å². The zero-order chi connectivity index (χ0) is 35.9. The summed E-state index contributed by atoms with van der Waals surface area (Å²) in [5, 5.41) is 8.59. The first-order valence-corrected chi connectivity index (χ1v) is 16.4. The predicted octanol–water partition coefficient (Wildman–Crippen LogP) is 5.86. The quantitative estimate of drug-likeness (QED) is 0.125. The van der Waals surface area contributed by atoms with Crippen molar-refractivity contribution in [3.63, 3.8) is 0 Å². The summed E-state index contributed by atoms with van der Waals surface area (Å²) >= 11 is 0. The van der Waals surface area contributed by atoms with Crippen molar-refractivity contribution >= 4 is 34.9 Å². The largest absolute Gasteiger partial charge is 0.459 e. The van der Waals surface area contributed by atoms with Gasteiger partial charge >= 0.3 is 23.9 Å². The van der Waals surface area contributed by atoms with Crippen LogP contribution in [0.1, 0.15) is 47.7 Å². The van der Waals surface area contributed by atoms with E-state index in [-0.39, 0.29) is 22.3 Å². The molecule has 0 amide bonds. The zero-order valence-corrected chi connectivity index (χ0v) is 27.5. The molecule has 12 nitrogen and oxygen atoms in total. The Kier molecular flexibility index (Phi) is 10.1. The highest BCUT2D eigenvalue weighted by molar-refractivity contribution is 5.91. The van der Waals surface area contributed by atoms with Crippen LogP contribution in [-0.2, 0) is 23.7 Å². The van der Waals surface area contributed by atoms with Crippen molar-refractivity contribution in [2.24, 2.45) is 0 Å². The summed E-state index contributed by atoms with van der Waals surface area (Å²) in [4.78, 5) is 54.4. The lowest BCUT2D eigenvalue weighted by Crippen LogP contribution is -2.61. The maximum absolute atomic E-state index is 13.8. The van der Waals surface area contributed by atoms with E-state index in [1.165, 1.54) is 4.68 Å². The van der Waals surface area contributed by atoms with Crippen LogP contribution in [0.4, 0.5) is 0 Å². The Labute approximate surface area is 297 Å². The van der Waals surface area contributed by atoms with Gasteiger partial charge in [0.15, 0.2) is 24.5 Å². The Hall–Kier alpha value is -6.66. The van der Waals surface area contributed by atoms with Crippen LogP contribution in [0.5, 0.6) is 0 Å². The number of esters is 4.